The summed E-state index contributed by atoms with van der Waals surface area (Å²) in [5.41, 5.74) is 0. The number of ether oxygens (including phenoxy) is 1. The number of carbonyl (C=O) groups is 2. The third-order valence-electron chi connectivity index (χ3n) is 0.362. The molecule has 4 nitrogen and oxygen atoms in total. The molecule has 0 spiro atoms. The van der Waals surface area contributed by atoms with Crippen LogP contribution in [0.25, 0.3) is 0 Å². The van der Waals surface area contributed by atoms with Crippen molar-refractivity contribution in [2.45, 2.75) is 6.92 Å². The minimum atomic E-state index is -0.933. The van der Waals surface area contributed by atoms with Crippen LogP contribution in [0.4, 0.5) is 0 Å². The molecule has 0 saturated heterocycles. The maximum absolute atomic E-state index is 9.94. The molecule has 0 fully saturated rings. The second-order valence-corrected chi connectivity index (χ2v) is 1.06. The molecule has 0 radical (unpaired) electrons. The Bertz CT molecular complexity index is 129. The minimum Gasteiger partial charge on any atom is -0.389 e. The molecule has 0 unspecified atom stereocenters. The molecule has 44 valence electrons. The fraction of sp³-hybridized carbons (Fsp3) is 0.250. The monoisotopic (exact) mass is 115 g/mol. The zero-order chi connectivity index (χ0) is 6.57. The molecule has 4 heteroatoms. The summed E-state index contributed by atoms with van der Waals surface area (Å²) in [6.45, 7) is 1.10. The van der Waals surface area contributed by atoms with E-state index in [0.29, 0.717) is 6.21 Å². The summed E-state index contributed by atoms with van der Waals surface area (Å²) < 4.78 is 3.88. The van der Waals surface area contributed by atoms with Gasteiger partial charge in [0.15, 0.2) is 0 Å². The fourth-order valence-corrected chi connectivity index (χ4v) is 0.171. The summed E-state index contributed by atoms with van der Waals surface area (Å²) in [4.78, 5) is 19.8. The van der Waals surface area contributed by atoms with Gasteiger partial charge < -0.3 is 10.1 Å². The first kappa shape index (κ1) is 6.81. The predicted molar refractivity (Wildman–Crippen MR) is 25.6 cm³/mol. The van der Waals surface area contributed by atoms with Gasteiger partial charge in [0.05, 0.1) is 0 Å². The van der Waals surface area contributed by atoms with Crippen LogP contribution in [0, 0.1) is 5.41 Å². The topological polar surface area (TPSA) is 67.2 Å². The molecule has 0 aliphatic rings. The van der Waals surface area contributed by atoms with Crippen LogP contribution in [0.15, 0.2) is 0 Å². The Kier molecular flexibility index (Phi) is 2.47. The van der Waals surface area contributed by atoms with Gasteiger partial charge in [0.25, 0.3) is 0 Å². The van der Waals surface area contributed by atoms with Crippen LogP contribution in [0.5, 0.6) is 0 Å². The van der Waals surface area contributed by atoms with E-state index < -0.39 is 11.9 Å². The van der Waals surface area contributed by atoms with Crippen LogP contribution in [-0.2, 0) is 14.3 Å². The zero-order valence-electron chi connectivity index (χ0n) is 4.30. The minimum absolute atomic E-state index is 0.432. The first-order valence-electron chi connectivity index (χ1n) is 1.89. The maximum atomic E-state index is 9.94. The molecule has 0 saturated carbocycles. The van der Waals surface area contributed by atoms with Crippen LogP contribution >= 0.6 is 0 Å². The Morgan fingerprint density at radius 1 is 1.62 bits per heavy atom. The Hall–Kier alpha value is -1.19. The van der Waals surface area contributed by atoms with Crippen molar-refractivity contribution in [3.05, 3.63) is 0 Å². The Labute approximate surface area is 46.0 Å². The van der Waals surface area contributed by atoms with Crippen LogP contribution in [0.3, 0.4) is 0 Å². The lowest BCUT2D eigenvalue weighted by Crippen LogP contribution is -2.08. The molecule has 0 aromatic rings. The quantitative estimate of drug-likeness (QED) is 0.290. The van der Waals surface area contributed by atoms with E-state index in [1.54, 1.807) is 0 Å². The van der Waals surface area contributed by atoms with E-state index in [1.165, 1.54) is 0 Å². The molecule has 0 aliphatic carbocycles. The average molecular weight is 115 g/mol. The summed E-state index contributed by atoms with van der Waals surface area (Å²) in [6.07, 6.45) is 0.432. The van der Waals surface area contributed by atoms with Gasteiger partial charge in [-0.3, -0.25) is 4.79 Å². The van der Waals surface area contributed by atoms with Gasteiger partial charge in [-0.25, -0.2) is 4.79 Å². The second kappa shape index (κ2) is 2.90. The molecule has 8 heavy (non-hydrogen) atoms. The van der Waals surface area contributed by atoms with E-state index in [-0.39, 0.29) is 0 Å². The van der Waals surface area contributed by atoms with E-state index >= 15 is 0 Å². The van der Waals surface area contributed by atoms with Crippen molar-refractivity contribution in [1.29, 1.82) is 5.41 Å². The number of nitrogens with one attached hydrogen (secondary N) is 1. The summed E-state index contributed by atoms with van der Waals surface area (Å²) >= 11 is 0. The zero-order valence-corrected chi connectivity index (χ0v) is 4.30. The first-order chi connectivity index (χ1) is 3.66. The predicted octanol–water partition coefficient (Wildman–Crippen LogP) is -0.274. The molecule has 0 amide bonds. The highest BCUT2D eigenvalue weighted by Crippen LogP contribution is 1.72. The summed E-state index contributed by atoms with van der Waals surface area (Å²) in [5, 5.41) is 6.25. The van der Waals surface area contributed by atoms with E-state index in [2.05, 4.69) is 4.74 Å². The highest BCUT2D eigenvalue weighted by molar-refractivity contribution is 6.23. The highest BCUT2D eigenvalue weighted by Gasteiger charge is 1.98. The first-order valence-corrected chi connectivity index (χ1v) is 1.89. The van der Waals surface area contributed by atoms with Gasteiger partial charge in [-0.15, -0.1) is 0 Å². The Balaban J connectivity index is 3.55. The smallest absolute Gasteiger partial charge is 0.356 e. The van der Waals surface area contributed by atoms with Crippen molar-refractivity contribution in [1.82, 2.24) is 0 Å². The fourth-order valence-electron chi connectivity index (χ4n) is 0.171. The summed E-state index contributed by atoms with van der Waals surface area (Å²) in [5.74, 6) is -1.63. The van der Waals surface area contributed by atoms with Crippen molar-refractivity contribution in [2.75, 3.05) is 0 Å². The van der Waals surface area contributed by atoms with Gasteiger partial charge in [0.1, 0.15) is 6.21 Å². The lowest BCUT2D eigenvalue weighted by atomic mass is 10.7. The van der Waals surface area contributed by atoms with E-state index in [0.717, 1.165) is 6.92 Å². The van der Waals surface area contributed by atoms with Crippen LogP contribution in [0.2, 0.25) is 0 Å². The lowest BCUT2D eigenvalue weighted by Gasteiger charge is -1.88. The van der Waals surface area contributed by atoms with E-state index in [1.807, 2.05) is 0 Å². The van der Waals surface area contributed by atoms with Crippen LogP contribution < -0.4 is 0 Å². The highest BCUT2D eigenvalue weighted by atomic mass is 16.6. The van der Waals surface area contributed by atoms with Crippen molar-refractivity contribution in [3.63, 3.8) is 0 Å². The van der Waals surface area contributed by atoms with Crippen LogP contribution in [0.1, 0.15) is 6.92 Å². The third-order valence-corrected chi connectivity index (χ3v) is 0.362. The number of esters is 2. The number of hydrogen-bond acceptors (Lipinski definition) is 4. The third kappa shape index (κ3) is 3.02. The standard InChI is InChI=1S/C4H5NO3/c1-3(6)8-4(7)2-5/h2,5H,1H3. The van der Waals surface area contributed by atoms with Gasteiger partial charge in [-0.05, 0) is 0 Å². The molecule has 0 bridgehead atoms. The summed E-state index contributed by atoms with van der Waals surface area (Å²) in [7, 11) is 0. The van der Waals surface area contributed by atoms with Gasteiger partial charge in [-0.1, -0.05) is 0 Å². The molecule has 0 rings (SSSR count). The average Bonchev–Trinajstić information content (AvgIpc) is 1.65. The molecule has 0 atom stereocenters. The lowest BCUT2D eigenvalue weighted by molar-refractivity contribution is -0.152. The van der Waals surface area contributed by atoms with Gasteiger partial charge >= 0.3 is 11.9 Å². The van der Waals surface area contributed by atoms with E-state index in [9.17, 15) is 9.59 Å². The van der Waals surface area contributed by atoms with Crippen molar-refractivity contribution >= 4 is 18.2 Å². The van der Waals surface area contributed by atoms with Gasteiger partial charge in [0.2, 0.25) is 0 Å². The normalized spacial score (nSPS) is 7.62. The second-order valence-electron chi connectivity index (χ2n) is 1.06. The molecular formula is C4H5NO3. The molecule has 0 aromatic carbocycles. The SMILES string of the molecule is CC(=O)OC(=O)C=N. The number of hydrogen-bond donors (Lipinski definition) is 1. The van der Waals surface area contributed by atoms with Gasteiger partial charge in [0, 0.05) is 6.92 Å². The van der Waals surface area contributed by atoms with Crippen molar-refractivity contribution < 1.29 is 14.3 Å². The Morgan fingerprint density at radius 2 is 2.12 bits per heavy atom. The molecule has 0 aromatic heterocycles. The molecular weight excluding hydrogens is 110 g/mol. The largest absolute Gasteiger partial charge is 0.389 e. The number of carbonyl (C=O) groups excluding carboxylic acids is 2. The summed E-state index contributed by atoms with van der Waals surface area (Å²) in [6, 6.07) is 0. The maximum Gasteiger partial charge on any atom is 0.356 e. The molecule has 0 aliphatic heterocycles. The Morgan fingerprint density at radius 3 is 2.25 bits per heavy atom. The number of rotatable bonds is 1. The van der Waals surface area contributed by atoms with Crippen molar-refractivity contribution in [2.24, 2.45) is 0 Å². The molecule has 1 N–H and O–H groups in total. The van der Waals surface area contributed by atoms with E-state index in [4.69, 9.17) is 5.41 Å². The van der Waals surface area contributed by atoms with Crippen LogP contribution in [-0.4, -0.2) is 18.2 Å². The molecule has 0 heterocycles. The van der Waals surface area contributed by atoms with Crippen molar-refractivity contribution in [3.8, 4) is 0 Å². The van der Waals surface area contributed by atoms with Gasteiger partial charge in [-0.2, -0.15) is 0 Å².